The van der Waals surface area contributed by atoms with Crippen LogP contribution < -0.4 is 84.8 Å². The standard InChI is InChI=1S/2C25H29N9O6S.C18H23N9O4S/c1-2-13-7-3-6-10-16(13)30-25-31-21(27)18-22(32-25)34(12-28-18)24-20(36)19(35)17(40-24)11-29-41(38,39)33-23(37)14-8-4-5-9-15(14)26;1-2-13-6-5-7-14(10-13)30-25-31-21(27)18-22(32-25)34(12-28-18)24-20(36)19(35)17(40-24)11-29-41(38,39)33-23(37)15-8-3-4-9-16(15)26;19-10-4-2-1-3-9(10)17(28)26-32(29,30)25-7-12-13(21)14(22)18(31-12)27-8-24-15-11(20)5-6-23-16(15)27/h2*3-10,12,17,19-20,24,29,35-36H,2,11,26H2,1H3,(H,33,37)(H3,27,30,31,32);1-6,8,12-14,18,25H,7,19,21-22H2,(H2,20,23)(H,26,28)/t2*17-,19-,20-,24-;12-,13-,14-,18-/m111/s1. The first-order valence-electron chi connectivity index (χ1n) is 34.8. The van der Waals surface area contributed by atoms with E-state index >= 15 is 0 Å². The van der Waals surface area contributed by atoms with Crippen LogP contribution in [-0.4, -0.2) is 191 Å². The van der Waals surface area contributed by atoms with E-state index in [0.717, 1.165) is 35.3 Å². The number of carbonyl (C=O) groups excluding carboxylic acids is 3. The molecule has 14 rings (SSSR count). The molecule has 6 aromatic heterocycles. The van der Waals surface area contributed by atoms with E-state index in [1.54, 1.807) is 34.9 Å². The Balaban J connectivity index is 0.000000160. The minimum absolute atomic E-state index is 0.0224. The molecule has 12 atom stereocenters. The number of para-hydroxylation sites is 4. The number of aryl methyl sites for hydroxylation is 2. The number of aromatic nitrogens is 11. The topological polar surface area (TPSA) is 685 Å². The van der Waals surface area contributed by atoms with Crippen molar-refractivity contribution in [2.75, 3.05) is 64.7 Å². The Morgan fingerprint density at radius 3 is 1.32 bits per heavy atom. The Bertz CT molecular complexity index is 5750. The number of fused-ring (bicyclic) bond motifs is 3. The SMILES string of the molecule is CCc1cccc(Nc2nc(N)c3ncn([C@@H]4O[C@H](CNS(=O)(=O)NC(=O)c5ccccc5N)[C@@H](O)[C@H]4O)c3n2)c1.CCc1ccccc1Nc1nc(N)c2ncn([C@@H]3O[C@H](CNS(=O)(=O)NC(=O)c4ccccc4N)[C@@H](O)[C@H]3O)c2n1.Nc1ccccc1C(=O)NS(=O)(=O)NC[C@H]1O[C@@H](n2cnc3c(N)ccnc32)[C@H](N)[C@@H]1N. The van der Waals surface area contributed by atoms with E-state index in [2.05, 4.69) is 64.7 Å². The summed E-state index contributed by atoms with van der Waals surface area (Å²) in [7, 11) is -13.0. The molecule has 3 saturated heterocycles. The number of aliphatic hydroxyl groups is 4. The largest absolute Gasteiger partial charge is 0.398 e. The molecule has 3 aliphatic rings. The van der Waals surface area contributed by atoms with Crippen molar-refractivity contribution < 1.29 is 74.3 Å². The summed E-state index contributed by atoms with van der Waals surface area (Å²) in [6.07, 6.45) is -4.90. The number of hydrogen-bond donors (Lipinski definition) is 20. The number of pyridine rings is 1. The number of anilines is 10. The lowest BCUT2D eigenvalue weighted by molar-refractivity contribution is -0.0330. The van der Waals surface area contributed by atoms with Crippen LogP contribution in [0.4, 0.5) is 57.7 Å². The van der Waals surface area contributed by atoms with E-state index in [1.807, 2.05) is 76.5 Å². The summed E-state index contributed by atoms with van der Waals surface area (Å²) < 4.78 is 109. The molecule has 11 aromatic rings. The minimum atomic E-state index is -4.37. The third kappa shape index (κ3) is 18.2. The molecule has 3 fully saturated rings. The van der Waals surface area contributed by atoms with Crippen molar-refractivity contribution in [3.05, 3.63) is 180 Å². The minimum Gasteiger partial charge on any atom is -0.398 e. The van der Waals surface area contributed by atoms with Crippen molar-refractivity contribution in [3.8, 4) is 0 Å². The van der Waals surface area contributed by atoms with Crippen LogP contribution in [0.5, 0.6) is 0 Å². The second-order valence-corrected chi connectivity index (χ2v) is 30.5. The summed E-state index contributed by atoms with van der Waals surface area (Å²) in [5.41, 5.74) is 54.1. The van der Waals surface area contributed by atoms with Crippen LogP contribution in [0.3, 0.4) is 0 Å². The summed E-state index contributed by atoms with van der Waals surface area (Å²) in [6, 6.07) is 33.6. The second-order valence-electron chi connectivity index (χ2n) is 26.0. The third-order valence-electron chi connectivity index (χ3n) is 18.4. The number of rotatable bonds is 24. The fraction of sp³-hybridized carbons (Fsp3) is 0.279. The van der Waals surface area contributed by atoms with Gasteiger partial charge in [0.25, 0.3) is 17.7 Å². The summed E-state index contributed by atoms with van der Waals surface area (Å²) >= 11 is 0. The third-order valence-corrected chi connectivity index (χ3v) is 21.4. The molecule has 0 saturated carbocycles. The molecule has 0 bridgehead atoms. The average molecular weight is 1630 g/mol. The maximum absolute atomic E-state index is 12.5. The van der Waals surface area contributed by atoms with Crippen LogP contribution in [0.25, 0.3) is 33.5 Å². The van der Waals surface area contributed by atoms with Crippen molar-refractivity contribution in [1.82, 2.24) is 81.9 Å². The number of amides is 3. The number of benzene rings is 5. The van der Waals surface area contributed by atoms with Gasteiger partial charge in [0.2, 0.25) is 11.9 Å². The van der Waals surface area contributed by atoms with Gasteiger partial charge < -0.3 is 91.1 Å². The molecule has 3 amide bonds. The van der Waals surface area contributed by atoms with Gasteiger partial charge in [0.1, 0.15) is 53.2 Å². The first-order chi connectivity index (χ1) is 54.3. The van der Waals surface area contributed by atoms with Gasteiger partial charge in [0.15, 0.2) is 47.3 Å². The number of aliphatic hydroxyl groups excluding tert-OH is 4. The van der Waals surface area contributed by atoms with Crippen LogP contribution >= 0.6 is 0 Å². The van der Waals surface area contributed by atoms with E-state index < -0.39 is 135 Å². The zero-order chi connectivity index (χ0) is 81.7. The lowest BCUT2D eigenvalue weighted by Gasteiger charge is -2.17. The number of nitrogens with zero attached hydrogens (tertiary/aromatic N) is 11. The van der Waals surface area contributed by atoms with Crippen LogP contribution in [0.1, 0.15) is 74.7 Å². The van der Waals surface area contributed by atoms with E-state index in [0.29, 0.717) is 16.9 Å². The van der Waals surface area contributed by atoms with E-state index in [9.17, 15) is 60.1 Å². The van der Waals surface area contributed by atoms with Crippen molar-refractivity contribution in [2.45, 2.75) is 100 Å². The van der Waals surface area contributed by atoms with E-state index in [-0.39, 0.29) is 86.2 Å². The maximum Gasteiger partial charge on any atom is 0.301 e. The monoisotopic (exact) mass is 1630 g/mol. The highest BCUT2D eigenvalue weighted by molar-refractivity contribution is 7.88. The van der Waals surface area contributed by atoms with Gasteiger partial charge >= 0.3 is 30.6 Å². The van der Waals surface area contributed by atoms with Gasteiger partial charge in [0, 0.05) is 54.3 Å². The molecular weight excluding hydrogens is 1550 g/mol. The summed E-state index contributed by atoms with van der Waals surface area (Å²) in [6.45, 7) is 2.90. The van der Waals surface area contributed by atoms with Gasteiger partial charge in [-0.25, -0.2) is 34.1 Å². The van der Waals surface area contributed by atoms with Crippen LogP contribution in [0.15, 0.2) is 153 Å². The van der Waals surface area contributed by atoms with Crippen molar-refractivity contribution in [3.63, 3.8) is 0 Å². The number of hydrogen-bond acceptors (Lipinski definition) is 34. The molecule has 46 heteroatoms. The van der Waals surface area contributed by atoms with E-state index in [1.165, 1.54) is 82.8 Å². The highest BCUT2D eigenvalue weighted by Gasteiger charge is 2.47. The van der Waals surface area contributed by atoms with Gasteiger partial charge in [0.05, 0.1) is 59.5 Å². The van der Waals surface area contributed by atoms with Crippen LogP contribution in [0.2, 0.25) is 0 Å². The first-order valence-corrected chi connectivity index (χ1v) is 39.2. The molecule has 0 spiro atoms. The Morgan fingerprint density at radius 1 is 0.439 bits per heavy atom. The molecule has 0 radical (unpaired) electrons. The first kappa shape index (κ1) is 81.5. The van der Waals surface area contributed by atoms with Crippen molar-refractivity contribution >= 4 is 139 Å². The average Bonchev–Trinajstić information content (AvgIpc) is 1.62. The smallest absolute Gasteiger partial charge is 0.301 e. The quantitative estimate of drug-likeness (QED) is 0.0315. The number of imidazole rings is 3. The number of nitrogens with one attached hydrogen (secondary N) is 8. The highest BCUT2D eigenvalue weighted by Crippen LogP contribution is 2.36. The predicted molar refractivity (Wildman–Crippen MR) is 417 cm³/mol. The lowest BCUT2D eigenvalue weighted by atomic mass is 10.1. The maximum atomic E-state index is 12.5. The Morgan fingerprint density at radius 2 is 0.860 bits per heavy atom. The van der Waals surface area contributed by atoms with Gasteiger partial charge in [-0.1, -0.05) is 80.6 Å². The molecule has 0 unspecified atom stereocenters. The summed E-state index contributed by atoms with van der Waals surface area (Å²) in [4.78, 5) is 71.4. The van der Waals surface area contributed by atoms with Gasteiger partial charge in [-0.3, -0.25) is 28.1 Å². The number of nitrogens with two attached hydrogens (primary N) is 8. The number of nitrogen functional groups attached to an aromatic ring is 6. The molecule has 0 aliphatic carbocycles. The van der Waals surface area contributed by atoms with Gasteiger partial charge in [-0.05, 0) is 84.6 Å². The highest BCUT2D eigenvalue weighted by atomic mass is 32.2. The number of ether oxygens (including phenoxy) is 3. The molecule has 9 heterocycles. The zero-order valence-electron chi connectivity index (χ0n) is 60.3. The molecule has 602 valence electrons. The lowest BCUT2D eigenvalue weighted by Crippen LogP contribution is -2.50. The Hall–Kier alpha value is -12.0. The van der Waals surface area contributed by atoms with Gasteiger partial charge in [-0.2, -0.15) is 59.4 Å². The van der Waals surface area contributed by atoms with Crippen molar-refractivity contribution in [2.24, 2.45) is 11.5 Å². The van der Waals surface area contributed by atoms with Crippen LogP contribution in [-0.2, 0) is 57.7 Å². The predicted octanol–water partition coefficient (Wildman–Crippen LogP) is -1.23. The molecule has 43 nitrogen and oxygen atoms in total. The fourth-order valence-corrected chi connectivity index (χ4v) is 14.8. The Kier molecular flexibility index (Phi) is 24.4. The normalized spacial score (nSPS) is 21.5. The molecule has 28 N–H and O–H groups in total. The molecular formula is C68H81N27O16S3. The van der Waals surface area contributed by atoms with Crippen LogP contribution in [0, 0.1) is 0 Å². The Labute approximate surface area is 649 Å². The molecule has 114 heavy (non-hydrogen) atoms. The summed E-state index contributed by atoms with van der Waals surface area (Å²) in [5, 5.41) is 49.1. The zero-order valence-corrected chi connectivity index (χ0v) is 62.8. The van der Waals surface area contributed by atoms with Crippen molar-refractivity contribution in [1.29, 1.82) is 0 Å². The number of carbonyl (C=O) groups is 3. The molecule has 3 aliphatic heterocycles. The summed E-state index contributed by atoms with van der Waals surface area (Å²) in [5.74, 6) is -2.21. The van der Waals surface area contributed by atoms with Gasteiger partial charge in [-0.15, -0.1) is 0 Å². The molecule has 5 aromatic carbocycles. The fourth-order valence-electron chi connectivity index (χ4n) is 12.4. The van der Waals surface area contributed by atoms with E-state index in [4.69, 9.17) is 60.1 Å². The second kappa shape index (κ2) is 34.1.